The van der Waals surface area contributed by atoms with Crippen molar-refractivity contribution in [1.82, 2.24) is 0 Å². The number of ether oxygens (including phenoxy) is 1. The molecule has 0 saturated heterocycles. The van der Waals surface area contributed by atoms with Gasteiger partial charge < -0.3 is 10.5 Å². The molecule has 0 fully saturated rings. The summed E-state index contributed by atoms with van der Waals surface area (Å²) in [5.41, 5.74) is 7.15. The van der Waals surface area contributed by atoms with Crippen LogP contribution in [0.15, 0.2) is 42.5 Å². The Bertz CT molecular complexity index is 597. The van der Waals surface area contributed by atoms with Gasteiger partial charge in [-0.05, 0) is 23.3 Å². The molecule has 2 N–H and O–H groups in total. The molecule has 2 aromatic carbocycles. The van der Waals surface area contributed by atoms with Crippen LogP contribution in [-0.2, 0) is 12.7 Å². The molecule has 2 nitrogen and oxygen atoms in total. The van der Waals surface area contributed by atoms with Gasteiger partial charge in [0.25, 0.3) is 0 Å². The van der Waals surface area contributed by atoms with Gasteiger partial charge in [-0.1, -0.05) is 30.3 Å². The summed E-state index contributed by atoms with van der Waals surface area (Å²) in [6.07, 6.45) is -4.38. The Labute approximate surface area is 127 Å². The zero-order valence-corrected chi connectivity index (χ0v) is 12.1. The number of methoxy groups -OCH3 is 1. The second-order valence-electron chi connectivity index (χ2n) is 4.31. The molecule has 6 heteroatoms. The van der Waals surface area contributed by atoms with E-state index in [4.69, 9.17) is 10.5 Å². The molecule has 0 radical (unpaired) electrons. The molecule has 0 atom stereocenters. The first kappa shape index (κ1) is 17.3. The SMILES string of the molecule is COc1cc(C(F)(F)F)ccc1-c1ccc(CN)cc1.Cl. The van der Waals surface area contributed by atoms with Crippen molar-refractivity contribution in [3.05, 3.63) is 53.6 Å². The number of hydrogen-bond donors (Lipinski definition) is 1. The second kappa shape index (κ2) is 6.83. The molecule has 114 valence electrons. The summed E-state index contributed by atoms with van der Waals surface area (Å²) in [5.74, 6) is 0.195. The lowest BCUT2D eigenvalue weighted by Crippen LogP contribution is -2.05. The number of hydrogen-bond acceptors (Lipinski definition) is 2. The molecule has 0 saturated carbocycles. The van der Waals surface area contributed by atoms with Crippen molar-refractivity contribution in [2.24, 2.45) is 5.73 Å². The minimum atomic E-state index is -4.38. The van der Waals surface area contributed by atoms with Crippen molar-refractivity contribution in [2.75, 3.05) is 7.11 Å². The fraction of sp³-hybridized carbons (Fsp3) is 0.200. The molecule has 0 aliphatic rings. The molecule has 0 spiro atoms. The highest BCUT2D eigenvalue weighted by Crippen LogP contribution is 2.37. The average Bonchev–Trinajstić information content (AvgIpc) is 2.45. The quantitative estimate of drug-likeness (QED) is 0.918. The van der Waals surface area contributed by atoms with Gasteiger partial charge in [-0.15, -0.1) is 12.4 Å². The highest BCUT2D eigenvalue weighted by Gasteiger charge is 2.31. The Morgan fingerprint density at radius 1 is 1.05 bits per heavy atom. The van der Waals surface area contributed by atoms with Crippen molar-refractivity contribution in [3.8, 4) is 16.9 Å². The van der Waals surface area contributed by atoms with Crippen molar-refractivity contribution in [2.45, 2.75) is 12.7 Å². The van der Waals surface area contributed by atoms with Crippen LogP contribution in [0.4, 0.5) is 13.2 Å². The van der Waals surface area contributed by atoms with Gasteiger partial charge in [0, 0.05) is 12.1 Å². The van der Waals surface area contributed by atoms with E-state index in [2.05, 4.69) is 0 Å². The highest BCUT2D eigenvalue weighted by molar-refractivity contribution is 5.85. The molecule has 2 rings (SSSR count). The van der Waals surface area contributed by atoms with Crippen molar-refractivity contribution >= 4 is 12.4 Å². The fourth-order valence-electron chi connectivity index (χ4n) is 1.93. The maximum absolute atomic E-state index is 12.7. The van der Waals surface area contributed by atoms with Gasteiger partial charge in [-0.25, -0.2) is 0 Å². The van der Waals surface area contributed by atoms with Gasteiger partial charge in [-0.2, -0.15) is 13.2 Å². The van der Waals surface area contributed by atoms with Crippen LogP contribution in [0.25, 0.3) is 11.1 Å². The molecular formula is C15H15ClF3NO. The Morgan fingerprint density at radius 3 is 2.14 bits per heavy atom. The first-order chi connectivity index (χ1) is 9.45. The van der Waals surface area contributed by atoms with Gasteiger partial charge in [0.1, 0.15) is 5.75 Å². The lowest BCUT2D eigenvalue weighted by atomic mass is 10.0. The van der Waals surface area contributed by atoms with E-state index < -0.39 is 11.7 Å². The van der Waals surface area contributed by atoms with Crippen LogP contribution >= 0.6 is 12.4 Å². The smallest absolute Gasteiger partial charge is 0.416 e. The van der Waals surface area contributed by atoms with E-state index in [1.165, 1.54) is 13.2 Å². The first-order valence-corrected chi connectivity index (χ1v) is 6.00. The number of nitrogens with two attached hydrogens (primary N) is 1. The number of benzene rings is 2. The van der Waals surface area contributed by atoms with Crippen LogP contribution in [0.5, 0.6) is 5.75 Å². The van der Waals surface area contributed by atoms with E-state index in [1.807, 2.05) is 24.3 Å². The summed E-state index contributed by atoms with van der Waals surface area (Å²) in [5, 5.41) is 0. The summed E-state index contributed by atoms with van der Waals surface area (Å²) in [7, 11) is 1.35. The zero-order chi connectivity index (χ0) is 14.8. The van der Waals surface area contributed by atoms with Gasteiger partial charge >= 0.3 is 6.18 Å². The molecule has 0 bridgehead atoms. The van der Waals surface area contributed by atoms with Gasteiger partial charge in [-0.3, -0.25) is 0 Å². The third kappa shape index (κ3) is 3.89. The molecule has 0 amide bonds. The Kier molecular flexibility index (Phi) is 5.63. The van der Waals surface area contributed by atoms with Crippen molar-refractivity contribution in [3.63, 3.8) is 0 Å². The lowest BCUT2D eigenvalue weighted by molar-refractivity contribution is -0.137. The Balaban J connectivity index is 0.00000220. The molecule has 0 aromatic heterocycles. The maximum atomic E-state index is 12.7. The van der Waals surface area contributed by atoms with Crippen LogP contribution in [0.1, 0.15) is 11.1 Å². The number of rotatable bonds is 3. The average molecular weight is 318 g/mol. The maximum Gasteiger partial charge on any atom is 0.416 e. The third-order valence-corrected chi connectivity index (χ3v) is 3.03. The van der Waals surface area contributed by atoms with Crippen LogP contribution in [0.3, 0.4) is 0 Å². The summed E-state index contributed by atoms with van der Waals surface area (Å²) < 4.78 is 43.1. The monoisotopic (exact) mass is 317 g/mol. The van der Waals surface area contributed by atoms with Crippen LogP contribution in [0, 0.1) is 0 Å². The molecular weight excluding hydrogens is 303 g/mol. The summed E-state index contributed by atoms with van der Waals surface area (Å²) >= 11 is 0. The van der Waals surface area contributed by atoms with Gasteiger partial charge in [0.05, 0.1) is 12.7 Å². The van der Waals surface area contributed by atoms with Crippen LogP contribution in [0.2, 0.25) is 0 Å². The van der Waals surface area contributed by atoms with Crippen molar-refractivity contribution in [1.29, 1.82) is 0 Å². The molecule has 21 heavy (non-hydrogen) atoms. The van der Waals surface area contributed by atoms with Crippen LogP contribution in [-0.4, -0.2) is 7.11 Å². The van der Waals surface area contributed by atoms with E-state index in [0.717, 1.165) is 23.3 Å². The van der Waals surface area contributed by atoms with Crippen molar-refractivity contribution < 1.29 is 17.9 Å². The largest absolute Gasteiger partial charge is 0.496 e. The molecule has 2 aromatic rings. The molecule has 0 unspecified atom stereocenters. The summed E-state index contributed by atoms with van der Waals surface area (Å²) in [6.45, 7) is 0.421. The van der Waals surface area contributed by atoms with E-state index >= 15 is 0 Å². The Hall–Kier alpha value is -1.72. The summed E-state index contributed by atoms with van der Waals surface area (Å²) in [6, 6.07) is 10.8. The minimum Gasteiger partial charge on any atom is -0.496 e. The number of halogens is 4. The molecule has 0 heterocycles. The van der Waals surface area contributed by atoms with E-state index in [1.54, 1.807) is 0 Å². The summed E-state index contributed by atoms with van der Waals surface area (Å²) in [4.78, 5) is 0. The normalized spacial score (nSPS) is 10.9. The van der Waals surface area contributed by atoms with E-state index in [-0.39, 0.29) is 18.2 Å². The molecule has 0 aliphatic heterocycles. The first-order valence-electron chi connectivity index (χ1n) is 6.00. The van der Waals surface area contributed by atoms with Gasteiger partial charge in [0.2, 0.25) is 0 Å². The lowest BCUT2D eigenvalue weighted by Gasteiger charge is -2.13. The standard InChI is InChI=1S/C15H14F3NO.ClH/c1-20-14-8-12(15(16,17)18)6-7-13(14)11-4-2-10(9-19)3-5-11;/h2-8H,9,19H2,1H3;1H. The predicted molar refractivity (Wildman–Crippen MR) is 78.6 cm³/mol. The van der Waals surface area contributed by atoms with Crippen LogP contribution < -0.4 is 10.5 Å². The highest BCUT2D eigenvalue weighted by atomic mass is 35.5. The van der Waals surface area contributed by atoms with E-state index in [9.17, 15) is 13.2 Å². The topological polar surface area (TPSA) is 35.2 Å². The molecule has 0 aliphatic carbocycles. The second-order valence-corrected chi connectivity index (χ2v) is 4.31. The van der Waals surface area contributed by atoms with Gasteiger partial charge in [0.15, 0.2) is 0 Å². The van der Waals surface area contributed by atoms with E-state index in [0.29, 0.717) is 12.1 Å². The predicted octanol–water partition coefficient (Wildman–Crippen LogP) is 4.26. The Morgan fingerprint density at radius 2 is 1.67 bits per heavy atom. The minimum absolute atomic E-state index is 0. The third-order valence-electron chi connectivity index (χ3n) is 3.03. The zero-order valence-electron chi connectivity index (χ0n) is 11.3. The fourth-order valence-corrected chi connectivity index (χ4v) is 1.93. The number of alkyl halides is 3.